The first-order valence-electron chi connectivity index (χ1n) is 4.91. The Kier molecular flexibility index (Phi) is 4.25. The lowest BCUT2D eigenvalue weighted by Crippen LogP contribution is -2.09. The van der Waals surface area contributed by atoms with Crippen molar-refractivity contribution in [3.05, 3.63) is 40.5 Å². The Morgan fingerprint density at radius 2 is 2.28 bits per heavy atom. The molecule has 0 amide bonds. The SMILES string of the molecule is C=CCOC(=O)c1cc([N+](=O)[O-])c(N)cc1OC. The molecule has 0 fully saturated rings. The number of hydrogen-bond acceptors (Lipinski definition) is 6. The van der Waals surface area contributed by atoms with Crippen molar-refractivity contribution in [2.75, 3.05) is 19.5 Å². The maximum Gasteiger partial charge on any atom is 0.342 e. The van der Waals surface area contributed by atoms with Crippen molar-refractivity contribution in [1.82, 2.24) is 0 Å². The number of carbonyl (C=O) groups excluding carboxylic acids is 1. The summed E-state index contributed by atoms with van der Waals surface area (Å²) >= 11 is 0. The Bertz CT molecular complexity index is 498. The van der Waals surface area contributed by atoms with Crippen molar-refractivity contribution < 1.29 is 19.2 Å². The number of methoxy groups -OCH3 is 1. The summed E-state index contributed by atoms with van der Waals surface area (Å²) in [5, 5.41) is 10.7. The highest BCUT2D eigenvalue weighted by Crippen LogP contribution is 2.30. The number of carbonyl (C=O) groups is 1. The highest BCUT2D eigenvalue weighted by molar-refractivity contribution is 5.94. The van der Waals surface area contributed by atoms with Gasteiger partial charge in [-0.3, -0.25) is 10.1 Å². The number of esters is 1. The van der Waals surface area contributed by atoms with Gasteiger partial charge in [0.05, 0.1) is 12.0 Å². The van der Waals surface area contributed by atoms with Crippen LogP contribution in [0.1, 0.15) is 10.4 Å². The summed E-state index contributed by atoms with van der Waals surface area (Å²) in [6.07, 6.45) is 1.39. The molecule has 0 bridgehead atoms. The maximum atomic E-state index is 11.7. The molecule has 1 aromatic rings. The zero-order chi connectivity index (χ0) is 13.7. The molecular formula is C11H12N2O5. The molecule has 0 aliphatic rings. The predicted octanol–water partition coefficient (Wildman–Crippen LogP) is 1.53. The average Bonchev–Trinajstić information content (AvgIpc) is 2.34. The van der Waals surface area contributed by atoms with E-state index in [2.05, 4.69) is 6.58 Å². The molecule has 0 saturated heterocycles. The Balaban J connectivity index is 3.23. The number of nitro groups is 1. The van der Waals surface area contributed by atoms with Crippen LogP contribution in [-0.2, 0) is 4.74 Å². The number of ether oxygens (including phenoxy) is 2. The van der Waals surface area contributed by atoms with Crippen molar-refractivity contribution in [3.63, 3.8) is 0 Å². The summed E-state index contributed by atoms with van der Waals surface area (Å²) in [7, 11) is 1.32. The minimum atomic E-state index is -0.741. The third-order valence-electron chi connectivity index (χ3n) is 2.10. The number of nitrogens with zero attached hydrogens (tertiary/aromatic N) is 1. The van der Waals surface area contributed by atoms with Gasteiger partial charge in [-0.05, 0) is 0 Å². The second-order valence-electron chi connectivity index (χ2n) is 3.26. The first-order chi connectivity index (χ1) is 8.51. The van der Waals surface area contributed by atoms with Crippen molar-refractivity contribution in [3.8, 4) is 5.75 Å². The van der Waals surface area contributed by atoms with Crippen molar-refractivity contribution in [2.24, 2.45) is 0 Å². The van der Waals surface area contributed by atoms with Crippen LogP contribution in [0.4, 0.5) is 11.4 Å². The molecule has 0 atom stereocenters. The lowest BCUT2D eigenvalue weighted by molar-refractivity contribution is -0.383. The monoisotopic (exact) mass is 252 g/mol. The molecule has 0 aliphatic heterocycles. The predicted molar refractivity (Wildman–Crippen MR) is 64.5 cm³/mol. The smallest absolute Gasteiger partial charge is 0.342 e. The van der Waals surface area contributed by atoms with Crippen LogP contribution in [0, 0.1) is 10.1 Å². The van der Waals surface area contributed by atoms with Gasteiger partial charge in [0.2, 0.25) is 0 Å². The number of nitrogens with two attached hydrogens (primary N) is 1. The molecule has 0 unspecified atom stereocenters. The van der Waals surface area contributed by atoms with Crippen LogP contribution in [0.15, 0.2) is 24.8 Å². The summed E-state index contributed by atoms with van der Waals surface area (Å²) in [6, 6.07) is 2.24. The summed E-state index contributed by atoms with van der Waals surface area (Å²) < 4.78 is 9.73. The van der Waals surface area contributed by atoms with E-state index in [-0.39, 0.29) is 29.3 Å². The van der Waals surface area contributed by atoms with Gasteiger partial charge in [0, 0.05) is 12.1 Å². The quantitative estimate of drug-likeness (QED) is 0.280. The van der Waals surface area contributed by atoms with E-state index in [0.29, 0.717) is 0 Å². The van der Waals surface area contributed by atoms with Gasteiger partial charge in [0.25, 0.3) is 5.69 Å². The van der Waals surface area contributed by atoms with Gasteiger partial charge >= 0.3 is 5.97 Å². The van der Waals surface area contributed by atoms with E-state index >= 15 is 0 Å². The van der Waals surface area contributed by atoms with Gasteiger partial charge in [-0.15, -0.1) is 0 Å². The molecule has 1 rings (SSSR count). The average molecular weight is 252 g/mol. The third-order valence-corrected chi connectivity index (χ3v) is 2.10. The zero-order valence-corrected chi connectivity index (χ0v) is 9.71. The molecule has 0 saturated carbocycles. The standard InChI is InChI=1S/C11H12N2O5/c1-3-4-18-11(14)7-5-9(13(15)16)8(12)6-10(7)17-2/h3,5-6H,1,4,12H2,2H3. The highest BCUT2D eigenvalue weighted by atomic mass is 16.6. The van der Waals surface area contributed by atoms with E-state index in [1.54, 1.807) is 0 Å². The second kappa shape index (κ2) is 5.67. The highest BCUT2D eigenvalue weighted by Gasteiger charge is 2.21. The first-order valence-corrected chi connectivity index (χ1v) is 4.91. The molecule has 0 radical (unpaired) electrons. The number of nitro benzene ring substituents is 1. The maximum absolute atomic E-state index is 11.7. The Labute approximate surface area is 103 Å². The van der Waals surface area contributed by atoms with Gasteiger partial charge in [-0.2, -0.15) is 0 Å². The number of anilines is 1. The van der Waals surface area contributed by atoms with Crippen LogP contribution in [-0.4, -0.2) is 24.6 Å². The normalized spacial score (nSPS) is 9.61. The molecule has 0 spiro atoms. The fraction of sp³-hybridized carbons (Fsp3) is 0.182. The van der Waals surface area contributed by atoms with Crippen LogP contribution < -0.4 is 10.5 Å². The van der Waals surface area contributed by atoms with E-state index in [9.17, 15) is 14.9 Å². The summed E-state index contributed by atoms with van der Waals surface area (Å²) in [4.78, 5) is 21.7. The topological polar surface area (TPSA) is 105 Å². The molecule has 0 heterocycles. The van der Waals surface area contributed by atoms with Crippen LogP contribution in [0.2, 0.25) is 0 Å². The molecule has 96 valence electrons. The Morgan fingerprint density at radius 1 is 1.61 bits per heavy atom. The van der Waals surface area contributed by atoms with E-state index in [0.717, 1.165) is 6.07 Å². The number of hydrogen-bond donors (Lipinski definition) is 1. The van der Waals surface area contributed by atoms with Gasteiger partial charge in [0.15, 0.2) is 0 Å². The lowest BCUT2D eigenvalue weighted by Gasteiger charge is -2.08. The van der Waals surface area contributed by atoms with Crippen LogP contribution in [0.3, 0.4) is 0 Å². The summed E-state index contributed by atoms with van der Waals surface area (Å²) in [6.45, 7) is 3.39. The molecule has 7 nitrogen and oxygen atoms in total. The molecule has 2 N–H and O–H groups in total. The number of nitrogen functional groups attached to an aromatic ring is 1. The van der Waals surface area contributed by atoms with E-state index in [1.165, 1.54) is 19.3 Å². The largest absolute Gasteiger partial charge is 0.496 e. The van der Waals surface area contributed by atoms with Crippen molar-refractivity contribution in [1.29, 1.82) is 0 Å². The molecule has 18 heavy (non-hydrogen) atoms. The van der Waals surface area contributed by atoms with Crippen molar-refractivity contribution in [2.45, 2.75) is 0 Å². The molecule has 7 heteroatoms. The van der Waals surface area contributed by atoms with E-state index in [4.69, 9.17) is 15.2 Å². The van der Waals surface area contributed by atoms with E-state index in [1.807, 2.05) is 0 Å². The second-order valence-corrected chi connectivity index (χ2v) is 3.26. The van der Waals surface area contributed by atoms with Gasteiger partial charge in [-0.1, -0.05) is 12.7 Å². The van der Waals surface area contributed by atoms with Crippen LogP contribution in [0.25, 0.3) is 0 Å². The van der Waals surface area contributed by atoms with E-state index < -0.39 is 10.9 Å². The summed E-state index contributed by atoms with van der Waals surface area (Å²) in [5.41, 5.74) is 4.96. The van der Waals surface area contributed by atoms with Gasteiger partial charge < -0.3 is 15.2 Å². The number of rotatable bonds is 5. The molecule has 0 aliphatic carbocycles. The third kappa shape index (κ3) is 2.76. The van der Waals surface area contributed by atoms with Crippen LogP contribution in [0.5, 0.6) is 5.75 Å². The number of benzene rings is 1. The molecule has 0 aromatic heterocycles. The minimum Gasteiger partial charge on any atom is -0.496 e. The summed E-state index contributed by atoms with van der Waals surface area (Å²) in [5.74, 6) is -0.623. The fourth-order valence-corrected chi connectivity index (χ4v) is 1.28. The van der Waals surface area contributed by atoms with Gasteiger partial charge in [0.1, 0.15) is 23.6 Å². The van der Waals surface area contributed by atoms with Gasteiger partial charge in [-0.25, -0.2) is 4.79 Å². The van der Waals surface area contributed by atoms with Crippen molar-refractivity contribution >= 4 is 17.3 Å². The Morgan fingerprint density at radius 3 is 2.78 bits per heavy atom. The Hall–Kier alpha value is -2.57. The minimum absolute atomic E-state index is 0.000160. The first kappa shape index (κ1) is 13.5. The fourth-order valence-electron chi connectivity index (χ4n) is 1.28. The molecule has 1 aromatic carbocycles. The van der Waals surface area contributed by atoms with Crippen LogP contribution >= 0.6 is 0 Å². The molecular weight excluding hydrogens is 240 g/mol. The lowest BCUT2D eigenvalue weighted by atomic mass is 10.1. The zero-order valence-electron chi connectivity index (χ0n) is 9.71.